The van der Waals surface area contributed by atoms with E-state index in [2.05, 4.69) is 49.8 Å². The Morgan fingerprint density at radius 1 is 1.16 bits per heavy atom. The van der Waals surface area contributed by atoms with Gasteiger partial charge in [-0.2, -0.15) is 12.6 Å². The van der Waals surface area contributed by atoms with Gasteiger partial charge >= 0.3 is 12.1 Å². The smallest absolute Gasteiger partial charge is 0.414 e. The number of thiol groups is 1. The van der Waals surface area contributed by atoms with Crippen LogP contribution in [-0.4, -0.2) is 35.4 Å². The molecular formula is C21H21Br2NO6S. The summed E-state index contributed by atoms with van der Waals surface area (Å²) in [7, 11) is 0. The third kappa shape index (κ3) is 7.55. The standard InChI is InChI=1S/C21H21Br2NO6S/c1-12(7-8-29-17(25)11-31)19(15-9-14(22)10-16(23)18(15)26)30-21(28)24-20(27)13-5-3-2-4-6-13/h2-6,9-10,12,19,26,31H,7-8,11H2,1H3,(H,24,27,28)/t12-,19-/m0/s1. The lowest BCUT2D eigenvalue weighted by Crippen LogP contribution is -2.33. The molecule has 2 amide bonds. The maximum Gasteiger partial charge on any atom is 0.414 e. The number of carbonyl (C=O) groups is 3. The van der Waals surface area contributed by atoms with Gasteiger partial charge in [0.2, 0.25) is 0 Å². The van der Waals surface area contributed by atoms with Crippen LogP contribution in [0.5, 0.6) is 5.75 Å². The number of carbonyl (C=O) groups excluding carboxylic acids is 3. The largest absolute Gasteiger partial charge is 0.506 e. The first kappa shape index (κ1) is 25.2. The number of nitrogens with one attached hydrogen (secondary N) is 1. The predicted octanol–water partition coefficient (Wildman–Crippen LogP) is 5.02. The first-order chi connectivity index (χ1) is 14.7. The van der Waals surface area contributed by atoms with Crippen LogP contribution < -0.4 is 5.32 Å². The molecule has 0 unspecified atom stereocenters. The number of hydrogen-bond acceptors (Lipinski definition) is 7. The van der Waals surface area contributed by atoms with Gasteiger partial charge in [0.15, 0.2) is 0 Å². The summed E-state index contributed by atoms with van der Waals surface area (Å²) in [5, 5.41) is 12.7. The minimum absolute atomic E-state index is 0.0440. The number of phenols is 1. The molecule has 0 bridgehead atoms. The molecule has 0 heterocycles. The van der Waals surface area contributed by atoms with Crippen molar-refractivity contribution in [3.8, 4) is 5.75 Å². The lowest BCUT2D eigenvalue weighted by atomic mass is 9.94. The Kier molecular flexibility index (Phi) is 9.86. The van der Waals surface area contributed by atoms with Gasteiger partial charge in [0.05, 0.1) is 16.8 Å². The number of halogens is 2. The van der Waals surface area contributed by atoms with E-state index in [1.165, 1.54) is 0 Å². The zero-order chi connectivity index (χ0) is 23.0. The molecule has 31 heavy (non-hydrogen) atoms. The highest BCUT2D eigenvalue weighted by Crippen LogP contribution is 2.40. The van der Waals surface area contributed by atoms with Gasteiger partial charge in [-0.05, 0) is 46.6 Å². The molecule has 2 rings (SSSR count). The summed E-state index contributed by atoms with van der Waals surface area (Å²) in [6, 6.07) is 11.5. The van der Waals surface area contributed by atoms with Crippen molar-refractivity contribution in [3.63, 3.8) is 0 Å². The summed E-state index contributed by atoms with van der Waals surface area (Å²) in [6.45, 7) is 1.86. The van der Waals surface area contributed by atoms with Crippen LogP contribution in [0.3, 0.4) is 0 Å². The quantitative estimate of drug-likeness (QED) is 0.302. The van der Waals surface area contributed by atoms with Crippen molar-refractivity contribution in [2.45, 2.75) is 19.4 Å². The maximum absolute atomic E-state index is 12.5. The Labute approximate surface area is 202 Å². The van der Waals surface area contributed by atoms with Crippen molar-refractivity contribution < 1.29 is 29.0 Å². The third-order valence-corrected chi connectivity index (χ3v) is 5.65. The van der Waals surface area contributed by atoms with E-state index in [1.807, 2.05) is 0 Å². The van der Waals surface area contributed by atoms with Crippen molar-refractivity contribution in [2.24, 2.45) is 5.92 Å². The summed E-state index contributed by atoms with van der Waals surface area (Å²) in [6.07, 6.45) is -1.55. The van der Waals surface area contributed by atoms with Crippen LogP contribution in [0.15, 0.2) is 51.4 Å². The van der Waals surface area contributed by atoms with E-state index in [1.54, 1.807) is 49.4 Å². The second-order valence-electron chi connectivity index (χ2n) is 6.62. The first-order valence-corrected chi connectivity index (χ1v) is 11.5. The van der Waals surface area contributed by atoms with Gasteiger partial charge in [-0.25, -0.2) is 4.79 Å². The van der Waals surface area contributed by atoms with Crippen molar-refractivity contribution in [2.75, 3.05) is 12.4 Å². The average molecular weight is 575 g/mol. The number of ether oxygens (including phenoxy) is 2. The van der Waals surface area contributed by atoms with E-state index >= 15 is 0 Å². The highest BCUT2D eigenvalue weighted by atomic mass is 79.9. The minimum atomic E-state index is -0.964. The van der Waals surface area contributed by atoms with E-state index in [9.17, 15) is 19.5 Å². The van der Waals surface area contributed by atoms with Gasteiger partial charge in [0.1, 0.15) is 11.9 Å². The molecule has 0 fully saturated rings. The summed E-state index contributed by atoms with van der Waals surface area (Å²) in [5.41, 5.74) is 0.632. The molecular weight excluding hydrogens is 554 g/mol. The highest BCUT2D eigenvalue weighted by Gasteiger charge is 2.28. The third-order valence-electron chi connectivity index (χ3n) is 4.33. The summed E-state index contributed by atoms with van der Waals surface area (Å²) < 4.78 is 11.6. The zero-order valence-corrected chi connectivity index (χ0v) is 20.6. The number of phenolic OH excluding ortho intramolecular Hbond substituents is 1. The van der Waals surface area contributed by atoms with Crippen LogP contribution in [0, 0.1) is 5.92 Å². The Hall–Kier alpha value is -2.04. The molecule has 0 aliphatic carbocycles. The van der Waals surface area contributed by atoms with Gasteiger partial charge in [-0.3, -0.25) is 14.9 Å². The van der Waals surface area contributed by atoms with Crippen LogP contribution in [0.2, 0.25) is 0 Å². The highest BCUT2D eigenvalue weighted by molar-refractivity contribution is 9.11. The van der Waals surface area contributed by atoms with Crippen LogP contribution in [-0.2, 0) is 14.3 Å². The second kappa shape index (κ2) is 12.1. The van der Waals surface area contributed by atoms with Crippen molar-refractivity contribution in [1.82, 2.24) is 5.32 Å². The number of alkyl carbamates (subject to hydrolysis) is 1. The van der Waals surface area contributed by atoms with E-state index in [-0.39, 0.29) is 24.0 Å². The van der Waals surface area contributed by atoms with Crippen LogP contribution in [0.4, 0.5) is 4.79 Å². The van der Waals surface area contributed by atoms with E-state index in [0.717, 1.165) is 0 Å². The van der Waals surface area contributed by atoms with E-state index in [4.69, 9.17) is 9.47 Å². The number of aromatic hydroxyl groups is 1. The molecule has 2 N–H and O–H groups in total. The molecule has 0 aliphatic heterocycles. The fourth-order valence-corrected chi connectivity index (χ4v) is 4.09. The van der Waals surface area contributed by atoms with Crippen molar-refractivity contribution >= 4 is 62.5 Å². The minimum Gasteiger partial charge on any atom is -0.506 e. The van der Waals surface area contributed by atoms with Crippen LogP contribution in [0.1, 0.15) is 35.4 Å². The normalized spacial score (nSPS) is 12.5. The fraction of sp³-hybridized carbons (Fsp3) is 0.286. The number of amides is 2. The van der Waals surface area contributed by atoms with Gasteiger partial charge in [0.25, 0.3) is 5.91 Å². The lowest BCUT2D eigenvalue weighted by Gasteiger charge is -2.25. The summed E-state index contributed by atoms with van der Waals surface area (Å²) >= 11 is 10.5. The molecule has 0 saturated carbocycles. The lowest BCUT2D eigenvalue weighted by molar-refractivity contribution is -0.141. The Bertz CT molecular complexity index is 941. The number of rotatable bonds is 8. The first-order valence-electron chi connectivity index (χ1n) is 9.24. The Morgan fingerprint density at radius 2 is 1.84 bits per heavy atom. The maximum atomic E-state index is 12.5. The predicted molar refractivity (Wildman–Crippen MR) is 125 cm³/mol. The molecule has 2 aromatic carbocycles. The van der Waals surface area contributed by atoms with Crippen molar-refractivity contribution in [1.29, 1.82) is 0 Å². The number of benzene rings is 2. The van der Waals surface area contributed by atoms with Crippen LogP contribution >= 0.6 is 44.5 Å². The number of esters is 1. The molecule has 166 valence electrons. The Balaban J connectivity index is 2.20. The molecule has 10 heteroatoms. The molecule has 2 atom stereocenters. The fourth-order valence-electron chi connectivity index (χ4n) is 2.74. The number of imide groups is 1. The van der Waals surface area contributed by atoms with Gasteiger partial charge in [0, 0.05) is 21.5 Å². The van der Waals surface area contributed by atoms with E-state index in [0.29, 0.717) is 26.5 Å². The second-order valence-corrected chi connectivity index (χ2v) is 8.70. The van der Waals surface area contributed by atoms with Gasteiger partial charge in [-0.15, -0.1) is 0 Å². The molecule has 7 nitrogen and oxygen atoms in total. The molecule has 0 radical (unpaired) electrons. The van der Waals surface area contributed by atoms with E-state index < -0.39 is 24.1 Å². The molecule has 0 aliphatic rings. The van der Waals surface area contributed by atoms with Gasteiger partial charge < -0.3 is 14.6 Å². The number of hydrogen-bond donors (Lipinski definition) is 3. The molecule has 0 saturated heterocycles. The zero-order valence-electron chi connectivity index (χ0n) is 16.5. The van der Waals surface area contributed by atoms with Crippen LogP contribution in [0.25, 0.3) is 0 Å². The monoisotopic (exact) mass is 573 g/mol. The summed E-state index contributed by atoms with van der Waals surface area (Å²) in [5.74, 6) is -1.59. The SMILES string of the molecule is C[C@@H](CCOC(=O)CS)[C@H](OC(=O)NC(=O)c1ccccc1)c1cc(Br)cc(Br)c1O. The molecule has 2 aromatic rings. The molecule has 0 aromatic heterocycles. The topological polar surface area (TPSA) is 102 Å². The van der Waals surface area contributed by atoms with Crippen molar-refractivity contribution in [3.05, 3.63) is 62.5 Å². The average Bonchev–Trinajstić information content (AvgIpc) is 2.75. The Morgan fingerprint density at radius 3 is 2.48 bits per heavy atom. The van der Waals surface area contributed by atoms with Gasteiger partial charge in [-0.1, -0.05) is 41.1 Å². The molecule has 0 spiro atoms. The summed E-state index contributed by atoms with van der Waals surface area (Å²) in [4.78, 5) is 36.1.